The molecule has 0 atom stereocenters. The lowest BCUT2D eigenvalue weighted by Crippen LogP contribution is -2.33. The topological polar surface area (TPSA) is 82.0 Å². The first-order valence-electron chi connectivity index (χ1n) is 6.43. The summed E-state index contributed by atoms with van der Waals surface area (Å²) in [6.45, 7) is -0.283. The van der Waals surface area contributed by atoms with Gasteiger partial charge in [0.05, 0.1) is 17.8 Å². The van der Waals surface area contributed by atoms with E-state index in [1.54, 1.807) is 24.3 Å². The van der Waals surface area contributed by atoms with Gasteiger partial charge in [-0.15, -0.1) is 0 Å². The maximum Gasteiger partial charge on any atom is 0.251 e. The predicted molar refractivity (Wildman–Crippen MR) is 78.5 cm³/mol. The van der Waals surface area contributed by atoms with Crippen LogP contribution in [0.4, 0.5) is 10.1 Å². The van der Waals surface area contributed by atoms with Crippen molar-refractivity contribution in [3.8, 4) is 6.07 Å². The number of halogens is 1. The molecule has 22 heavy (non-hydrogen) atoms. The number of hydrogen-bond acceptors (Lipinski definition) is 3. The molecule has 6 heteroatoms. The number of carbonyl (C=O) groups is 2. The van der Waals surface area contributed by atoms with Crippen LogP contribution in [0.5, 0.6) is 0 Å². The third kappa shape index (κ3) is 3.90. The lowest BCUT2D eigenvalue weighted by atomic mass is 10.2. The molecule has 0 radical (unpaired) electrons. The smallest absolute Gasteiger partial charge is 0.251 e. The van der Waals surface area contributed by atoms with Crippen LogP contribution in [0.1, 0.15) is 15.9 Å². The molecule has 110 valence electrons. The number of carbonyl (C=O) groups excluding carboxylic acids is 2. The molecule has 0 unspecified atom stereocenters. The van der Waals surface area contributed by atoms with Crippen molar-refractivity contribution in [1.29, 1.82) is 5.26 Å². The molecular formula is C16H12FN3O2. The molecule has 2 N–H and O–H groups in total. The fourth-order valence-electron chi connectivity index (χ4n) is 1.78. The number of anilines is 1. The average Bonchev–Trinajstić information content (AvgIpc) is 2.53. The molecule has 0 aliphatic heterocycles. The quantitative estimate of drug-likeness (QED) is 0.906. The Morgan fingerprint density at radius 1 is 1.14 bits per heavy atom. The summed E-state index contributed by atoms with van der Waals surface area (Å²) in [4.78, 5) is 23.5. The first kappa shape index (κ1) is 15.2. The van der Waals surface area contributed by atoms with Crippen LogP contribution in [-0.4, -0.2) is 18.4 Å². The Bertz CT molecular complexity index is 753. The highest BCUT2D eigenvalue weighted by molar-refractivity contribution is 5.99. The highest BCUT2D eigenvalue weighted by Gasteiger charge is 2.10. The van der Waals surface area contributed by atoms with Crippen LogP contribution in [0, 0.1) is 17.1 Å². The molecule has 0 saturated carbocycles. The summed E-state index contributed by atoms with van der Waals surface area (Å²) in [5.74, 6) is -1.56. The highest BCUT2D eigenvalue weighted by atomic mass is 19.1. The summed E-state index contributed by atoms with van der Waals surface area (Å²) in [5, 5.41) is 13.8. The van der Waals surface area contributed by atoms with Gasteiger partial charge in [-0.2, -0.15) is 5.26 Å². The van der Waals surface area contributed by atoms with E-state index in [-0.39, 0.29) is 12.1 Å². The molecule has 0 heterocycles. The lowest BCUT2D eigenvalue weighted by Gasteiger charge is -2.08. The lowest BCUT2D eigenvalue weighted by molar-refractivity contribution is -0.115. The largest absolute Gasteiger partial charge is 0.343 e. The van der Waals surface area contributed by atoms with Crippen molar-refractivity contribution in [1.82, 2.24) is 5.32 Å². The van der Waals surface area contributed by atoms with E-state index in [9.17, 15) is 14.0 Å². The van der Waals surface area contributed by atoms with E-state index in [1.807, 2.05) is 6.07 Å². The van der Waals surface area contributed by atoms with Crippen molar-refractivity contribution >= 4 is 17.5 Å². The van der Waals surface area contributed by atoms with E-state index in [1.165, 1.54) is 18.2 Å². The zero-order valence-corrected chi connectivity index (χ0v) is 11.5. The Morgan fingerprint density at radius 3 is 2.64 bits per heavy atom. The van der Waals surface area contributed by atoms with Crippen LogP contribution in [0.25, 0.3) is 0 Å². The van der Waals surface area contributed by atoms with Gasteiger partial charge in [0.25, 0.3) is 5.91 Å². The van der Waals surface area contributed by atoms with E-state index in [0.29, 0.717) is 11.3 Å². The Balaban J connectivity index is 1.93. The summed E-state index contributed by atoms with van der Waals surface area (Å²) in [5.41, 5.74) is 0.826. The number of nitrogens with zero attached hydrogens (tertiary/aromatic N) is 1. The molecule has 0 bridgehead atoms. The molecule has 2 amide bonds. The Kier molecular flexibility index (Phi) is 4.83. The standard InChI is InChI=1S/C16H12FN3O2/c17-13-6-3-5-11(8-13)16(22)19-10-15(21)20-14-7-2-1-4-12(14)9-18/h1-8H,10H2,(H,19,22)(H,20,21). The van der Waals surface area contributed by atoms with Gasteiger partial charge in [-0.3, -0.25) is 9.59 Å². The first-order chi connectivity index (χ1) is 10.6. The number of amides is 2. The predicted octanol–water partition coefficient (Wildman–Crippen LogP) is 2.07. The van der Waals surface area contributed by atoms with Crippen LogP contribution >= 0.6 is 0 Å². The van der Waals surface area contributed by atoms with Crippen molar-refractivity contribution in [2.75, 3.05) is 11.9 Å². The van der Waals surface area contributed by atoms with Crippen molar-refractivity contribution < 1.29 is 14.0 Å². The monoisotopic (exact) mass is 297 g/mol. The normalized spacial score (nSPS) is 9.64. The molecule has 0 aromatic heterocycles. The molecule has 2 rings (SSSR count). The maximum absolute atomic E-state index is 13.0. The van der Waals surface area contributed by atoms with Gasteiger partial charge in [-0.25, -0.2) is 4.39 Å². The minimum atomic E-state index is -0.553. The minimum Gasteiger partial charge on any atom is -0.343 e. The summed E-state index contributed by atoms with van der Waals surface area (Å²) in [7, 11) is 0. The molecule has 0 saturated heterocycles. The average molecular weight is 297 g/mol. The maximum atomic E-state index is 13.0. The second-order valence-corrected chi connectivity index (χ2v) is 4.40. The fraction of sp³-hybridized carbons (Fsp3) is 0.0625. The zero-order valence-electron chi connectivity index (χ0n) is 11.5. The van der Waals surface area contributed by atoms with Crippen molar-refractivity contribution in [2.24, 2.45) is 0 Å². The summed E-state index contributed by atoms with van der Waals surface area (Å²) in [6.07, 6.45) is 0. The van der Waals surface area contributed by atoms with E-state index < -0.39 is 17.6 Å². The van der Waals surface area contributed by atoms with E-state index in [2.05, 4.69) is 10.6 Å². The molecule has 0 fully saturated rings. The van der Waals surface area contributed by atoms with Gasteiger partial charge in [-0.1, -0.05) is 18.2 Å². The fourth-order valence-corrected chi connectivity index (χ4v) is 1.78. The number of benzene rings is 2. The third-order valence-electron chi connectivity index (χ3n) is 2.82. The Morgan fingerprint density at radius 2 is 1.91 bits per heavy atom. The Hall–Kier alpha value is -3.20. The van der Waals surface area contributed by atoms with Crippen molar-refractivity contribution in [3.05, 3.63) is 65.5 Å². The number of nitrogens with one attached hydrogen (secondary N) is 2. The second-order valence-electron chi connectivity index (χ2n) is 4.40. The van der Waals surface area contributed by atoms with Gasteiger partial charge in [0, 0.05) is 5.56 Å². The van der Waals surface area contributed by atoms with E-state index in [4.69, 9.17) is 5.26 Å². The van der Waals surface area contributed by atoms with Crippen molar-refractivity contribution in [3.63, 3.8) is 0 Å². The van der Waals surface area contributed by atoms with Crippen LogP contribution < -0.4 is 10.6 Å². The summed E-state index contributed by atoms with van der Waals surface area (Å²) in [6, 6.07) is 13.6. The third-order valence-corrected chi connectivity index (χ3v) is 2.82. The van der Waals surface area contributed by atoms with Gasteiger partial charge in [0.1, 0.15) is 11.9 Å². The number of rotatable bonds is 4. The van der Waals surface area contributed by atoms with Crippen LogP contribution in [-0.2, 0) is 4.79 Å². The highest BCUT2D eigenvalue weighted by Crippen LogP contribution is 2.13. The number of nitriles is 1. The van der Waals surface area contributed by atoms with Crippen LogP contribution in [0.3, 0.4) is 0 Å². The summed E-state index contributed by atoms with van der Waals surface area (Å²) >= 11 is 0. The number of para-hydroxylation sites is 1. The van der Waals surface area contributed by atoms with E-state index in [0.717, 1.165) is 6.07 Å². The molecule has 0 aliphatic carbocycles. The summed E-state index contributed by atoms with van der Waals surface area (Å²) < 4.78 is 13.0. The SMILES string of the molecule is N#Cc1ccccc1NC(=O)CNC(=O)c1cccc(F)c1. The van der Waals surface area contributed by atoms with Crippen LogP contribution in [0.2, 0.25) is 0 Å². The molecule has 5 nitrogen and oxygen atoms in total. The van der Waals surface area contributed by atoms with Gasteiger partial charge < -0.3 is 10.6 Å². The van der Waals surface area contributed by atoms with Gasteiger partial charge in [0.15, 0.2) is 0 Å². The molecule has 2 aromatic carbocycles. The zero-order chi connectivity index (χ0) is 15.9. The first-order valence-corrected chi connectivity index (χ1v) is 6.43. The molecular weight excluding hydrogens is 285 g/mol. The number of hydrogen-bond donors (Lipinski definition) is 2. The molecule has 0 aliphatic rings. The van der Waals surface area contributed by atoms with Crippen LogP contribution in [0.15, 0.2) is 48.5 Å². The van der Waals surface area contributed by atoms with Gasteiger partial charge >= 0.3 is 0 Å². The van der Waals surface area contributed by atoms with Crippen molar-refractivity contribution in [2.45, 2.75) is 0 Å². The minimum absolute atomic E-state index is 0.130. The Labute approximate surface area is 126 Å². The second kappa shape index (κ2) is 6.99. The molecule has 2 aromatic rings. The van der Waals surface area contributed by atoms with Gasteiger partial charge in [0.2, 0.25) is 5.91 Å². The van der Waals surface area contributed by atoms with Gasteiger partial charge in [-0.05, 0) is 30.3 Å². The molecule has 0 spiro atoms. The van der Waals surface area contributed by atoms with E-state index >= 15 is 0 Å².